The summed E-state index contributed by atoms with van der Waals surface area (Å²) in [5, 5.41) is 1.10. The van der Waals surface area contributed by atoms with Crippen LogP contribution < -0.4 is 14.4 Å². The molecule has 2 aromatic heterocycles. The van der Waals surface area contributed by atoms with Gasteiger partial charge in [0.2, 0.25) is 5.88 Å². The second kappa shape index (κ2) is 6.20. The molecule has 0 fully saturated rings. The van der Waals surface area contributed by atoms with Gasteiger partial charge in [0.15, 0.2) is 0 Å². The highest BCUT2D eigenvalue weighted by molar-refractivity contribution is 5.96. The van der Waals surface area contributed by atoms with E-state index in [9.17, 15) is 0 Å². The Morgan fingerprint density at radius 3 is 2.76 bits per heavy atom. The van der Waals surface area contributed by atoms with Crippen molar-refractivity contribution in [2.24, 2.45) is 0 Å². The first-order chi connectivity index (χ1) is 12.2. The Morgan fingerprint density at radius 2 is 1.96 bits per heavy atom. The van der Waals surface area contributed by atoms with Gasteiger partial charge in [-0.05, 0) is 18.6 Å². The Bertz CT molecular complexity index is 928. The van der Waals surface area contributed by atoms with E-state index in [0.717, 1.165) is 53.0 Å². The maximum absolute atomic E-state index is 5.48. The van der Waals surface area contributed by atoms with E-state index in [1.165, 1.54) is 5.69 Å². The number of benzene rings is 1. The Hall–Kier alpha value is -2.89. The van der Waals surface area contributed by atoms with Crippen LogP contribution in [0.25, 0.3) is 10.9 Å². The fraction of sp³-hybridized carbons (Fsp3) is 0.316. The number of hydrogen-bond acceptors (Lipinski definition) is 6. The Balaban J connectivity index is 1.84. The first kappa shape index (κ1) is 15.6. The number of anilines is 1. The normalized spacial score (nSPS) is 13.6. The van der Waals surface area contributed by atoms with Crippen molar-refractivity contribution in [1.82, 2.24) is 15.0 Å². The van der Waals surface area contributed by atoms with Crippen molar-refractivity contribution in [2.45, 2.75) is 19.9 Å². The molecule has 0 bridgehead atoms. The summed E-state index contributed by atoms with van der Waals surface area (Å²) >= 11 is 0. The molecule has 1 aromatic carbocycles. The number of rotatable bonds is 3. The molecule has 0 unspecified atom stereocenters. The highest BCUT2D eigenvalue weighted by Crippen LogP contribution is 2.36. The molecule has 3 aromatic rings. The lowest BCUT2D eigenvalue weighted by Crippen LogP contribution is -2.32. The van der Waals surface area contributed by atoms with Crippen LogP contribution in [0.1, 0.15) is 16.8 Å². The van der Waals surface area contributed by atoms with Crippen LogP contribution in [0.2, 0.25) is 0 Å². The number of pyridine rings is 1. The van der Waals surface area contributed by atoms with Crippen molar-refractivity contribution in [2.75, 3.05) is 25.7 Å². The summed E-state index contributed by atoms with van der Waals surface area (Å²) in [6, 6.07) is 6.05. The predicted octanol–water partition coefficient (Wildman–Crippen LogP) is 2.91. The van der Waals surface area contributed by atoms with Gasteiger partial charge in [0, 0.05) is 24.5 Å². The zero-order valence-electron chi connectivity index (χ0n) is 14.6. The minimum absolute atomic E-state index is 0.656. The molecule has 1 aliphatic rings. The van der Waals surface area contributed by atoms with E-state index >= 15 is 0 Å². The van der Waals surface area contributed by atoms with Crippen LogP contribution in [-0.2, 0) is 13.0 Å². The van der Waals surface area contributed by atoms with E-state index in [0.29, 0.717) is 5.88 Å². The van der Waals surface area contributed by atoms with Gasteiger partial charge in [0.25, 0.3) is 0 Å². The molecule has 0 saturated carbocycles. The average Bonchev–Trinajstić information content (AvgIpc) is 2.66. The monoisotopic (exact) mass is 336 g/mol. The summed E-state index contributed by atoms with van der Waals surface area (Å²) in [5.41, 5.74) is 5.33. The zero-order valence-corrected chi connectivity index (χ0v) is 14.6. The summed E-state index contributed by atoms with van der Waals surface area (Å²) in [5.74, 6) is 1.44. The second-order valence-corrected chi connectivity index (χ2v) is 6.13. The van der Waals surface area contributed by atoms with E-state index < -0.39 is 0 Å². The smallest absolute Gasteiger partial charge is 0.221 e. The first-order valence-electron chi connectivity index (χ1n) is 8.27. The van der Waals surface area contributed by atoms with Gasteiger partial charge in [-0.1, -0.05) is 12.1 Å². The third kappa shape index (κ3) is 2.54. The summed E-state index contributed by atoms with van der Waals surface area (Å²) in [7, 11) is 3.33. The fourth-order valence-corrected chi connectivity index (χ4v) is 3.55. The van der Waals surface area contributed by atoms with Gasteiger partial charge in [-0.15, -0.1) is 0 Å². The molecule has 25 heavy (non-hydrogen) atoms. The molecular formula is C19H20N4O2. The van der Waals surface area contributed by atoms with E-state index in [2.05, 4.69) is 32.8 Å². The maximum Gasteiger partial charge on any atom is 0.221 e. The van der Waals surface area contributed by atoms with Crippen molar-refractivity contribution in [3.63, 3.8) is 0 Å². The molecule has 4 rings (SSSR count). The third-order valence-corrected chi connectivity index (χ3v) is 4.71. The van der Waals surface area contributed by atoms with Gasteiger partial charge in [-0.2, -0.15) is 0 Å². The topological polar surface area (TPSA) is 60.4 Å². The quantitative estimate of drug-likeness (QED) is 0.733. The minimum Gasteiger partial charge on any atom is -0.494 e. The largest absolute Gasteiger partial charge is 0.494 e. The van der Waals surface area contributed by atoms with Crippen LogP contribution in [0.4, 0.5) is 5.69 Å². The molecular weight excluding hydrogens is 316 g/mol. The van der Waals surface area contributed by atoms with E-state index in [1.54, 1.807) is 20.5 Å². The molecule has 0 radical (unpaired) electrons. The van der Waals surface area contributed by atoms with E-state index in [4.69, 9.17) is 9.47 Å². The van der Waals surface area contributed by atoms with Gasteiger partial charge >= 0.3 is 0 Å². The lowest BCUT2D eigenvalue weighted by atomic mass is 10.0. The molecule has 6 heteroatoms. The van der Waals surface area contributed by atoms with Crippen LogP contribution in [0.15, 0.2) is 30.7 Å². The van der Waals surface area contributed by atoms with Gasteiger partial charge < -0.3 is 14.4 Å². The molecule has 128 valence electrons. The van der Waals surface area contributed by atoms with Gasteiger partial charge in [0.1, 0.15) is 17.6 Å². The molecule has 0 spiro atoms. The number of aryl methyl sites for hydroxylation is 1. The molecule has 6 nitrogen and oxygen atoms in total. The number of nitrogens with zero attached hydrogens (tertiary/aromatic N) is 4. The van der Waals surface area contributed by atoms with Crippen molar-refractivity contribution in [1.29, 1.82) is 0 Å². The standard InChI is InChI=1S/C19H20N4O2/c1-12-9-20-17-13(5-4-6-16(17)24-2)18(12)23-8-7-15-14(10-23)19(25-3)22-11-21-15/h4-6,9,11H,7-8,10H2,1-3H3. The van der Waals surface area contributed by atoms with Gasteiger partial charge in [-0.3, -0.25) is 4.98 Å². The van der Waals surface area contributed by atoms with Crippen LogP contribution in [0.3, 0.4) is 0 Å². The van der Waals surface area contributed by atoms with Crippen molar-refractivity contribution >= 4 is 16.6 Å². The molecule has 1 aliphatic heterocycles. The summed E-state index contributed by atoms with van der Waals surface area (Å²) in [6.45, 7) is 3.70. The molecule has 3 heterocycles. The van der Waals surface area contributed by atoms with Gasteiger partial charge in [-0.25, -0.2) is 9.97 Å². The highest BCUT2D eigenvalue weighted by Gasteiger charge is 2.24. The maximum atomic E-state index is 5.48. The Morgan fingerprint density at radius 1 is 1.08 bits per heavy atom. The molecule has 0 atom stereocenters. The predicted molar refractivity (Wildman–Crippen MR) is 96.4 cm³/mol. The van der Waals surface area contributed by atoms with Crippen molar-refractivity contribution < 1.29 is 9.47 Å². The summed E-state index contributed by atoms with van der Waals surface area (Å²) in [6.07, 6.45) is 4.35. The molecule has 0 aliphatic carbocycles. The molecule has 0 N–H and O–H groups in total. The Labute approximate surface area is 146 Å². The third-order valence-electron chi connectivity index (χ3n) is 4.71. The fourth-order valence-electron chi connectivity index (χ4n) is 3.55. The van der Waals surface area contributed by atoms with Crippen molar-refractivity contribution in [3.05, 3.63) is 47.5 Å². The molecule has 0 amide bonds. The van der Waals surface area contributed by atoms with E-state index in [1.807, 2.05) is 18.3 Å². The summed E-state index contributed by atoms with van der Waals surface area (Å²) in [4.78, 5) is 15.6. The second-order valence-electron chi connectivity index (χ2n) is 6.13. The van der Waals surface area contributed by atoms with Crippen molar-refractivity contribution in [3.8, 4) is 11.6 Å². The van der Waals surface area contributed by atoms with Gasteiger partial charge in [0.05, 0.1) is 37.7 Å². The first-order valence-corrected chi connectivity index (χ1v) is 8.27. The average molecular weight is 336 g/mol. The molecule has 0 saturated heterocycles. The van der Waals surface area contributed by atoms with Crippen LogP contribution >= 0.6 is 0 Å². The SMILES string of the molecule is COc1ncnc2c1CN(c1c(C)cnc3c(OC)cccc13)CC2. The van der Waals surface area contributed by atoms with Crippen LogP contribution in [0, 0.1) is 6.92 Å². The van der Waals surface area contributed by atoms with E-state index in [-0.39, 0.29) is 0 Å². The highest BCUT2D eigenvalue weighted by atomic mass is 16.5. The number of ether oxygens (including phenoxy) is 2. The zero-order chi connectivity index (χ0) is 17.4. The lowest BCUT2D eigenvalue weighted by Gasteiger charge is -2.32. The van der Waals surface area contributed by atoms with Crippen LogP contribution in [-0.4, -0.2) is 35.7 Å². The minimum atomic E-state index is 0.656. The number of hydrogen-bond donors (Lipinski definition) is 0. The number of methoxy groups -OCH3 is 2. The summed E-state index contributed by atoms with van der Waals surface area (Å²) < 4.78 is 10.9. The van der Waals surface area contributed by atoms with Crippen LogP contribution in [0.5, 0.6) is 11.6 Å². The lowest BCUT2D eigenvalue weighted by molar-refractivity contribution is 0.387. The number of para-hydroxylation sites is 1. The number of fused-ring (bicyclic) bond motifs is 2. The Kier molecular flexibility index (Phi) is 3.87. The number of aromatic nitrogens is 3.